The summed E-state index contributed by atoms with van der Waals surface area (Å²) in [4.78, 5) is 4.42. The molecule has 2 heterocycles. The van der Waals surface area contributed by atoms with Gasteiger partial charge in [0.25, 0.3) is 0 Å². The molecule has 2 rings (SSSR count). The zero-order valence-electron chi connectivity index (χ0n) is 9.14. The minimum absolute atomic E-state index is 0.372. The first-order chi connectivity index (χ1) is 7.24. The van der Waals surface area contributed by atoms with Crippen LogP contribution in [0.5, 0.6) is 0 Å². The van der Waals surface area contributed by atoms with Gasteiger partial charge in [-0.3, -0.25) is 0 Å². The van der Waals surface area contributed by atoms with E-state index in [-0.39, 0.29) is 0 Å². The van der Waals surface area contributed by atoms with Crippen LogP contribution >= 0.6 is 0 Å². The molecule has 0 saturated carbocycles. The summed E-state index contributed by atoms with van der Waals surface area (Å²) >= 11 is 0. The predicted octanol–water partition coefficient (Wildman–Crippen LogP) is 1.35. The fraction of sp³-hybridized carbons (Fsp3) is 0.455. The number of nitrogens with zero attached hydrogens (tertiary/aromatic N) is 3. The van der Waals surface area contributed by atoms with Gasteiger partial charge in [0.1, 0.15) is 0 Å². The van der Waals surface area contributed by atoms with Crippen LogP contribution in [0.4, 0.5) is 0 Å². The Morgan fingerprint density at radius 1 is 1.53 bits per heavy atom. The molecule has 80 valence electrons. The van der Waals surface area contributed by atoms with Crippen LogP contribution in [-0.4, -0.2) is 21.1 Å². The van der Waals surface area contributed by atoms with Gasteiger partial charge >= 0.3 is 0 Å². The summed E-state index contributed by atoms with van der Waals surface area (Å²) in [5.41, 5.74) is 7.77. The van der Waals surface area contributed by atoms with Gasteiger partial charge in [0.15, 0.2) is 11.5 Å². The quantitative estimate of drug-likeness (QED) is 0.821. The summed E-state index contributed by atoms with van der Waals surface area (Å²) in [6.45, 7) is 4.83. The zero-order valence-corrected chi connectivity index (χ0v) is 9.14. The van der Waals surface area contributed by atoms with Crippen LogP contribution in [0.25, 0.3) is 5.65 Å². The topological polar surface area (TPSA) is 56.2 Å². The smallest absolute Gasteiger partial charge is 0.155 e. The normalized spacial score (nSPS) is 13.3. The van der Waals surface area contributed by atoms with E-state index in [1.165, 1.54) is 5.56 Å². The van der Waals surface area contributed by atoms with E-state index in [2.05, 4.69) is 36.1 Å². The van der Waals surface area contributed by atoms with E-state index < -0.39 is 0 Å². The number of nitrogens with two attached hydrogens (primary N) is 1. The molecular formula is C11H16N4. The Morgan fingerprint density at radius 2 is 2.33 bits per heavy atom. The van der Waals surface area contributed by atoms with Gasteiger partial charge in [-0.1, -0.05) is 13.8 Å². The number of hydrogen-bond donors (Lipinski definition) is 1. The van der Waals surface area contributed by atoms with Crippen molar-refractivity contribution < 1.29 is 0 Å². The standard InChI is InChI=1S/C11H16N4/c1-3-10-13-11-6-9(8(2)7-12)4-5-15(11)14-10/h4-6,8H,3,7,12H2,1-2H3. The monoisotopic (exact) mass is 204 g/mol. The maximum Gasteiger partial charge on any atom is 0.155 e. The molecule has 0 aliphatic rings. The molecule has 0 aromatic carbocycles. The number of hydrogen-bond acceptors (Lipinski definition) is 3. The first-order valence-electron chi connectivity index (χ1n) is 5.30. The Morgan fingerprint density at radius 3 is 3.00 bits per heavy atom. The summed E-state index contributed by atoms with van der Waals surface area (Å²) in [6, 6.07) is 4.11. The summed E-state index contributed by atoms with van der Waals surface area (Å²) in [5.74, 6) is 1.25. The summed E-state index contributed by atoms with van der Waals surface area (Å²) in [6.07, 6.45) is 2.81. The number of pyridine rings is 1. The fourth-order valence-electron chi connectivity index (χ4n) is 1.54. The van der Waals surface area contributed by atoms with Crippen LogP contribution < -0.4 is 5.73 Å². The fourth-order valence-corrected chi connectivity index (χ4v) is 1.54. The number of fused-ring (bicyclic) bond motifs is 1. The Bertz CT molecular complexity index is 461. The van der Waals surface area contributed by atoms with Crippen molar-refractivity contribution in [2.75, 3.05) is 6.54 Å². The molecule has 0 radical (unpaired) electrons. The second-order valence-electron chi connectivity index (χ2n) is 3.78. The first kappa shape index (κ1) is 10.1. The Kier molecular flexibility index (Phi) is 2.68. The molecule has 0 saturated heterocycles. The van der Waals surface area contributed by atoms with E-state index in [9.17, 15) is 0 Å². The molecule has 0 aliphatic heterocycles. The lowest BCUT2D eigenvalue weighted by atomic mass is 10.0. The van der Waals surface area contributed by atoms with Gasteiger partial charge in [0, 0.05) is 12.6 Å². The van der Waals surface area contributed by atoms with Gasteiger partial charge in [0.2, 0.25) is 0 Å². The number of aryl methyl sites for hydroxylation is 1. The van der Waals surface area contributed by atoms with Crippen LogP contribution in [-0.2, 0) is 6.42 Å². The molecule has 15 heavy (non-hydrogen) atoms. The van der Waals surface area contributed by atoms with Gasteiger partial charge in [-0.15, -0.1) is 0 Å². The highest BCUT2D eigenvalue weighted by Gasteiger charge is 2.06. The Hall–Kier alpha value is -1.42. The summed E-state index contributed by atoms with van der Waals surface area (Å²) in [7, 11) is 0. The van der Waals surface area contributed by atoms with E-state index in [1.54, 1.807) is 0 Å². The maximum atomic E-state index is 5.64. The second kappa shape index (κ2) is 3.98. The van der Waals surface area contributed by atoms with Crippen molar-refractivity contribution in [1.29, 1.82) is 0 Å². The first-order valence-corrected chi connectivity index (χ1v) is 5.30. The number of rotatable bonds is 3. The summed E-state index contributed by atoms with van der Waals surface area (Å²) < 4.78 is 1.81. The molecule has 0 bridgehead atoms. The molecule has 0 fully saturated rings. The van der Waals surface area contributed by atoms with Crippen molar-refractivity contribution in [3.63, 3.8) is 0 Å². The van der Waals surface area contributed by atoms with Crippen LogP contribution in [0.3, 0.4) is 0 Å². The van der Waals surface area contributed by atoms with Gasteiger partial charge < -0.3 is 5.73 Å². The van der Waals surface area contributed by atoms with Crippen molar-refractivity contribution in [1.82, 2.24) is 14.6 Å². The van der Waals surface area contributed by atoms with Crippen molar-refractivity contribution in [2.45, 2.75) is 26.2 Å². The van der Waals surface area contributed by atoms with Crippen molar-refractivity contribution in [3.05, 3.63) is 29.7 Å². The highest BCUT2D eigenvalue weighted by molar-refractivity contribution is 5.41. The van der Waals surface area contributed by atoms with Crippen LogP contribution in [0.15, 0.2) is 18.3 Å². The highest BCUT2D eigenvalue weighted by atomic mass is 15.3. The molecule has 2 N–H and O–H groups in total. The molecule has 1 unspecified atom stereocenters. The van der Waals surface area contributed by atoms with Crippen molar-refractivity contribution in [2.24, 2.45) is 5.73 Å². The largest absolute Gasteiger partial charge is 0.330 e. The summed E-state index contributed by atoms with van der Waals surface area (Å²) in [5, 5.41) is 4.33. The zero-order chi connectivity index (χ0) is 10.8. The molecule has 0 spiro atoms. The maximum absolute atomic E-state index is 5.64. The van der Waals surface area contributed by atoms with Crippen molar-refractivity contribution >= 4 is 5.65 Å². The van der Waals surface area contributed by atoms with Crippen LogP contribution in [0.1, 0.15) is 31.2 Å². The molecule has 0 aliphatic carbocycles. The highest BCUT2D eigenvalue weighted by Crippen LogP contribution is 2.15. The third-order valence-corrected chi connectivity index (χ3v) is 2.64. The SMILES string of the molecule is CCc1nc2cc(C(C)CN)ccn2n1. The van der Waals surface area contributed by atoms with Crippen LogP contribution in [0.2, 0.25) is 0 Å². The Balaban J connectivity index is 2.45. The lowest BCUT2D eigenvalue weighted by Gasteiger charge is -2.07. The second-order valence-corrected chi connectivity index (χ2v) is 3.78. The van der Waals surface area contributed by atoms with Crippen molar-refractivity contribution in [3.8, 4) is 0 Å². The average Bonchev–Trinajstić information content (AvgIpc) is 2.69. The van der Waals surface area contributed by atoms with Gasteiger partial charge in [0.05, 0.1) is 0 Å². The number of aromatic nitrogens is 3. The molecule has 2 aromatic rings. The molecular weight excluding hydrogens is 188 g/mol. The minimum Gasteiger partial charge on any atom is -0.330 e. The molecule has 4 heteroatoms. The lowest BCUT2D eigenvalue weighted by molar-refractivity contribution is 0.770. The minimum atomic E-state index is 0.372. The molecule has 2 aromatic heterocycles. The van der Waals surface area contributed by atoms with E-state index in [0.717, 1.165) is 17.9 Å². The molecule has 0 amide bonds. The van der Waals surface area contributed by atoms with Gasteiger partial charge in [-0.05, 0) is 30.2 Å². The third kappa shape index (κ3) is 1.85. The molecule has 4 nitrogen and oxygen atoms in total. The predicted molar refractivity (Wildman–Crippen MR) is 59.8 cm³/mol. The lowest BCUT2D eigenvalue weighted by Crippen LogP contribution is -2.09. The molecule has 1 atom stereocenters. The van der Waals surface area contributed by atoms with E-state index >= 15 is 0 Å². The van der Waals surface area contributed by atoms with Gasteiger partial charge in [-0.25, -0.2) is 9.50 Å². The Labute approximate surface area is 89.1 Å². The third-order valence-electron chi connectivity index (χ3n) is 2.64. The van der Waals surface area contributed by atoms with E-state index in [4.69, 9.17) is 5.73 Å². The van der Waals surface area contributed by atoms with Crippen LogP contribution in [0, 0.1) is 0 Å². The van der Waals surface area contributed by atoms with E-state index in [1.807, 2.05) is 10.7 Å². The van der Waals surface area contributed by atoms with Gasteiger partial charge in [-0.2, -0.15) is 5.10 Å². The van der Waals surface area contributed by atoms with E-state index in [0.29, 0.717) is 12.5 Å². The average molecular weight is 204 g/mol.